The highest BCUT2D eigenvalue weighted by Crippen LogP contribution is 2.14. The van der Waals surface area contributed by atoms with E-state index in [1.807, 2.05) is 19.1 Å². The molecule has 2 heterocycles. The SMILES string of the molecule is CCn1ccc(C(=O)Nc2cnn(Cc3ccccc3C(=O)OC)c2)n1. The smallest absolute Gasteiger partial charge is 0.338 e. The molecule has 0 saturated heterocycles. The van der Waals surface area contributed by atoms with Crippen LogP contribution in [0, 0.1) is 0 Å². The first-order valence-electron chi connectivity index (χ1n) is 8.14. The van der Waals surface area contributed by atoms with E-state index in [9.17, 15) is 9.59 Å². The number of methoxy groups -OCH3 is 1. The molecule has 1 aromatic carbocycles. The summed E-state index contributed by atoms with van der Waals surface area (Å²) in [7, 11) is 1.35. The number of benzene rings is 1. The van der Waals surface area contributed by atoms with Gasteiger partial charge < -0.3 is 10.1 Å². The monoisotopic (exact) mass is 353 g/mol. The third-order valence-corrected chi connectivity index (χ3v) is 3.84. The Morgan fingerprint density at radius 3 is 2.73 bits per heavy atom. The molecule has 2 aromatic heterocycles. The number of anilines is 1. The number of rotatable bonds is 6. The van der Waals surface area contributed by atoms with Crippen molar-refractivity contribution in [2.24, 2.45) is 0 Å². The van der Waals surface area contributed by atoms with Gasteiger partial charge in [0.2, 0.25) is 0 Å². The fraction of sp³-hybridized carbons (Fsp3) is 0.222. The largest absolute Gasteiger partial charge is 0.465 e. The van der Waals surface area contributed by atoms with Gasteiger partial charge in [0.15, 0.2) is 5.69 Å². The number of nitrogens with one attached hydrogen (secondary N) is 1. The molecule has 0 bridgehead atoms. The summed E-state index contributed by atoms with van der Waals surface area (Å²) in [4.78, 5) is 24.0. The van der Waals surface area contributed by atoms with Crippen LogP contribution < -0.4 is 5.32 Å². The molecule has 0 radical (unpaired) electrons. The Balaban J connectivity index is 1.71. The number of carbonyl (C=O) groups excluding carboxylic acids is 2. The molecule has 0 aliphatic rings. The highest BCUT2D eigenvalue weighted by atomic mass is 16.5. The van der Waals surface area contributed by atoms with E-state index in [0.29, 0.717) is 30.0 Å². The molecule has 0 aliphatic heterocycles. The van der Waals surface area contributed by atoms with E-state index < -0.39 is 5.97 Å². The molecular formula is C18H19N5O3. The predicted octanol–water partition coefficient (Wildman–Crippen LogP) is 2.19. The molecule has 3 aromatic rings. The lowest BCUT2D eigenvalue weighted by molar-refractivity contribution is 0.0599. The van der Waals surface area contributed by atoms with Gasteiger partial charge in [-0.1, -0.05) is 18.2 Å². The van der Waals surface area contributed by atoms with Crippen molar-refractivity contribution >= 4 is 17.6 Å². The maximum atomic E-state index is 12.2. The van der Waals surface area contributed by atoms with Gasteiger partial charge in [-0.05, 0) is 24.6 Å². The van der Waals surface area contributed by atoms with Crippen molar-refractivity contribution in [1.82, 2.24) is 19.6 Å². The molecule has 8 nitrogen and oxygen atoms in total. The van der Waals surface area contributed by atoms with Gasteiger partial charge in [0.05, 0.1) is 31.1 Å². The molecule has 0 aliphatic carbocycles. The third kappa shape index (κ3) is 3.80. The van der Waals surface area contributed by atoms with Crippen LogP contribution in [-0.4, -0.2) is 38.5 Å². The van der Waals surface area contributed by atoms with Crippen LogP contribution in [0.1, 0.15) is 33.3 Å². The first-order valence-corrected chi connectivity index (χ1v) is 8.14. The molecule has 0 fully saturated rings. The van der Waals surface area contributed by atoms with Gasteiger partial charge in [0.25, 0.3) is 5.91 Å². The Hall–Kier alpha value is -3.42. The predicted molar refractivity (Wildman–Crippen MR) is 95.0 cm³/mol. The van der Waals surface area contributed by atoms with Crippen molar-refractivity contribution in [3.8, 4) is 0 Å². The van der Waals surface area contributed by atoms with Crippen LogP contribution >= 0.6 is 0 Å². The third-order valence-electron chi connectivity index (χ3n) is 3.84. The summed E-state index contributed by atoms with van der Waals surface area (Å²) in [5, 5.41) is 11.2. The Morgan fingerprint density at radius 2 is 2.00 bits per heavy atom. The van der Waals surface area contributed by atoms with E-state index >= 15 is 0 Å². The van der Waals surface area contributed by atoms with Crippen molar-refractivity contribution in [2.45, 2.75) is 20.0 Å². The van der Waals surface area contributed by atoms with Gasteiger partial charge in [0, 0.05) is 18.9 Å². The minimum absolute atomic E-state index is 0.299. The number of hydrogen-bond acceptors (Lipinski definition) is 5. The number of aromatic nitrogens is 4. The van der Waals surface area contributed by atoms with Gasteiger partial charge in [-0.25, -0.2) is 4.79 Å². The van der Waals surface area contributed by atoms with Crippen molar-refractivity contribution in [3.05, 3.63) is 65.7 Å². The summed E-state index contributed by atoms with van der Waals surface area (Å²) >= 11 is 0. The highest BCUT2D eigenvalue weighted by molar-refractivity contribution is 6.02. The average Bonchev–Trinajstić information content (AvgIpc) is 3.31. The van der Waals surface area contributed by atoms with E-state index in [2.05, 4.69) is 15.5 Å². The van der Waals surface area contributed by atoms with Gasteiger partial charge in [0.1, 0.15) is 0 Å². The van der Waals surface area contributed by atoms with Gasteiger partial charge in [-0.2, -0.15) is 10.2 Å². The van der Waals surface area contributed by atoms with Crippen LogP contribution in [0.3, 0.4) is 0 Å². The highest BCUT2D eigenvalue weighted by Gasteiger charge is 2.13. The van der Waals surface area contributed by atoms with Crippen LogP contribution in [0.4, 0.5) is 5.69 Å². The lowest BCUT2D eigenvalue weighted by atomic mass is 10.1. The summed E-state index contributed by atoms with van der Waals surface area (Å²) in [6.45, 7) is 3.03. The summed E-state index contributed by atoms with van der Waals surface area (Å²) in [6.07, 6.45) is 5.00. The minimum Gasteiger partial charge on any atom is -0.465 e. The van der Waals surface area contributed by atoms with Crippen LogP contribution in [0.2, 0.25) is 0 Å². The Kier molecular flexibility index (Phi) is 5.12. The second-order valence-corrected chi connectivity index (χ2v) is 5.59. The molecule has 8 heteroatoms. The molecule has 1 N–H and O–H groups in total. The Bertz CT molecular complexity index is 928. The zero-order valence-electron chi connectivity index (χ0n) is 14.5. The first kappa shape index (κ1) is 17.4. The summed E-state index contributed by atoms with van der Waals surface area (Å²) in [6, 6.07) is 8.83. The van der Waals surface area contributed by atoms with E-state index in [1.54, 1.807) is 46.2 Å². The molecule has 26 heavy (non-hydrogen) atoms. The summed E-state index contributed by atoms with van der Waals surface area (Å²) in [5.41, 5.74) is 2.16. The van der Waals surface area contributed by atoms with Gasteiger partial charge >= 0.3 is 5.97 Å². The van der Waals surface area contributed by atoms with Gasteiger partial charge in [-0.15, -0.1) is 0 Å². The number of amides is 1. The minimum atomic E-state index is -0.396. The lowest BCUT2D eigenvalue weighted by Gasteiger charge is -2.07. The number of esters is 1. The van der Waals surface area contributed by atoms with Crippen LogP contribution in [0.15, 0.2) is 48.9 Å². The van der Waals surface area contributed by atoms with E-state index in [4.69, 9.17) is 4.74 Å². The average molecular weight is 353 g/mol. The van der Waals surface area contributed by atoms with Crippen molar-refractivity contribution in [2.75, 3.05) is 12.4 Å². The molecule has 0 unspecified atom stereocenters. The van der Waals surface area contributed by atoms with Crippen LogP contribution in [0.25, 0.3) is 0 Å². The number of ether oxygens (including phenoxy) is 1. The number of aryl methyl sites for hydroxylation is 1. The second kappa shape index (κ2) is 7.64. The van der Waals surface area contributed by atoms with E-state index in [1.165, 1.54) is 7.11 Å². The Labute approximate surface area is 150 Å². The molecule has 0 saturated carbocycles. The maximum Gasteiger partial charge on any atom is 0.338 e. The second-order valence-electron chi connectivity index (χ2n) is 5.59. The van der Waals surface area contributed by atoms with Crippen LogP contribution in [-0.2, 0) is 17.8 Å². The van der Waals surface area contributed by atoms with Crippen molar-refractivity contribution in [1.29, 1.82) is 0 Å². The summed E-state index contributed by atoms with van der Waals surface area (Å²) in [5.74, 6) is -0.695. The van der Waals surface area contributed by atoms with Crippen LogP contribution in [0.5, 0.6) is 0 Å². The lowest BCUT2D eigenvalue weighted by Crippen LogP contribution is -2.13. The quantitative estimate of drug-likeness (QED) is 0.686. The summed E-state index contributed by atoms with van der Waals surface area (Å²) < 4.78 is 8.12. The molecule has 3 rings (SSSR count). The first-order chi connectivity index (χ1) is 12.6. The zero-order valence-corrected chi connectivity index (χ0v) is 14.5. The molecular weight excluding hydrogens is 334 g/mol. The maximum absolute atomic E-state index is 12.2. The van der Waals surface area contributed by atoms with Gasteiger partial charge in [-0.3, -0.25) is 14.2 Å². The Morgan fingerprint density at radius 1 is 1.19 bits per heavy atom. The normalized spacial score (nSPS) is 10.5. The number of carbonyl (C=O) groups is 2. The zero-order chi connectivity index (χ0) is 18.5. The topological polar surface area (TPSA) is 91.0 Å². The molecule has 134 valence electrons. The van der Waals surface area contributed by atoms with E-state index in [-0.39, 0.29) is 5.91 Å². The number of nitrogens with zero attached hydrogens (tertiary/aromatic N) is 4. The van der Waals surface area contributed by atoms with Crippen molar-refractivity contribution < 1.29 is 14.3 Å². The number of hydrogen-bond donors (Lipinski definition) is 1. The molecule has 0 atom stereocenters. The molecule has 0 spiro atoms. The fourth-order valence-electron chi connectivity index (χ4n) is 2.51. The van der Waals surface area contributed by atoms with Crippen molar-refractivity contribution in [3.63, 3.8) is 0 Å². The molecule has 1 amide bonds. The standard InChI is InChI=1S/C18H19N5O3/c1-3-22-9-8-16(21-22)17(24)20-14-10-19-23(12-14)11-13-6-4-5-7-15(13)18(25)26-2/h4-10,12H,3,11H2,1-2H3,(H,20,24). The fourth-order valence-corrected chi connectivity index (χ4v) is 2.51. The van der Waals surface area contributed by atoms with E-state index in [0.717, 1.165) is 5.56 Å².